The summed E-state index contributed by atoms with van der Waals surface area (Å²) < 4.78 is 43.1. The van der Waals surface area contributed by atoms with Gasteiger partial charge in [0.1, 0.15) is 6.54 Å². The average Bonchev–Trinajstić information content (AvgIpc) is 2.83. The molecule has 1 fully saturated rings. The number of rotatable bonds is 4. The number of halogens is 3. The topological polar surface area (TPSA) is 59.4 Å². The lowest BCUT2D eigenvalue weighted by Crippen LogP contribution is -2.50. The molecule has 0 aromatic carbocycles. The predicted molar refractivity (Wildman–Crippen MR) is 78.1 cm³/mol. The first-order valence-corrected chi connectivity index (χ1v) is 7.49. The molecule has 1 aromatic rings. The van der Waals surface area contributed by atoms with Crippen LogP contribution >= 0.6 is 0 Å². The molecule has 2 rings (SSSR count). The van der Waals surface area contributed by atoms with Crippen LogP contribution in [0.2, 0.25) is 0 Å². The molecule has 0 radical (unpaired) electrons. The summed E-state index contributed by atoms with van der Waals surface area (Å²) in [4.78, 5) is 14.0. The molecule has 6 nitrogen and oxygen atoms in total. The minimum Gasteiger partial charge on any atom is -0.377 e. The van der Waals surface area contributed by atoms with E-state index in [1.165, 1.54) is 12.4 Å². The van der Waals surface area contributed by atoms with E-state index < -0.39 is 12.7 Å². The number of alkyl halides is 3. The molecule has 130 valence electrons. The Balaban J connectivity index is 1.97. The Bertz CT molecular complexity index is 530. The number of aromatic nitrogens is 2. The number of ether oxygens (including phenoxy) is 1. The Kier molecular flexibility index (Phi) is 5.51. The Hall–Kier alpha value is -1.77. The van der Waals surface area contributed by atoms with Crippen LogP contribution in [0.4, 0.5) is 23.7 Å². The number of amides is 2. The fraction of sp³-hybridized carbons (Fsp3) is 0.714. The largest absolute Gasteiger partial charge is 0.408 e. The number of carbonyl (C=O) groups excluding carboxylic acids is 1. The van der Waals surface area contributed by atoms with E-state index in [9.17, 15) is 18.0 Å². The number of nitrogens with one attached hydrogen (secondary N) is 1. The normalized spacial score (nSPS) is 19.2. The maximum absolute atomic E-state index is 12.4. The van der Waals surface area contributed by atoms with E-state index in [0.717, 1.165) is 11.1 Å². The second-order valence-electron chi connectivity index (χ2n) is 6.02. The number of morpholine rings is 1. The number of anilines is 1. The van der Waals surface area contributed by atoms with Crippen molar-refractivity contribution >= 4 is 11.7 Å². The summed E-state index contributed by atoms with van der Waals surface area (Å²) in [5.74, 6) is 0.409. The van der Waals surface area contributed by atoms with Gasteiger partial charge in [0.15, 0.2) is 0 Å². The number of urea groups is 1. The van der Waals surface area contributed by atoms with Crippen molar-refractivity contribution in [2.24, 2.45) is 5.92 Å². The number of hydrogen-bond acceptors (Lipinski definition) is 3. The molecule has 0 bridgehead atoms. The van der Waals surface area contributed by atoms with Gasteiger partial charge in [-0.15, -0.1) is 0 Å². The molecule has 2 heterocycles. The van der Waals surface area contributed by atoms with Gasteiger partial charge in [-0.25, -0.2) is 4.79 Å². The fourth-order valence-corrected chi connectivity index (χ4v) is 2.56. The second kappa shape index (κ2) is 7.20. The first-order valence-electron chi connectivity index (χ1n) is 7.49. The third-order valence-corrected chi connectivity index (χ3v) is 3.46. The minimum atomic E-state index is -4.35. The van der Waals surface area contributed by atoms with Crippen molar-refractivity contribution < 1.29 is 22.7 Å². The Morgan fingerprint density at radius 2 is 2.26 bits per heavy atom. The average molecular weight is 334 g/mol. The molecule has 1 aliphatic heterocycles. The van der Waals surface area contributed by atoms with E-state index in [1.807, 2.05) is 0 Å². The summed E-state index contributed by atoms with van der Waals surface area (Å²) in [6, 6.07) is -0.375. The lowest BCUT2D eigenvalue weighted by molar-refractivity contribution is -0.142. The van der Waals surface area contributed by atoms with Gasteiger partial charge in [0, 0.05) is 12.7 Å². The molecule has 0 saturated carbocycles. The molecule has 1 N–H and O–H groups in total. The van der Waals surface area contributed by atoms with Gasteiger partial charge >= 0.3 is 12.2 Å². The summed E-state index contributed by atoms with van der Waals surface area (Å²) >= 11 is 0. The molecule has 1 aromatic heterocycles. The summed E-state index contributed by atoms with van der Waals surface area (Å²) in [5.41, 5.74) is 0.244. The van der Waals surface area contributed by atoms with E-state index in [0.29, 0.717) is 25.7 Å². The van der Waals surface area contributed by atoms with Crippen molar-refractivity contribution in [2.45, 2.75) is 39.0 Å². The Morgan fingerprint density at radius 3 is 2.91 bits per heavy atom. The zero-order valence-electron chi connectivity index (χ0n) is 13.1. The number of hydrogen-bond donors (Lipinski definition) is 1. The van der Waals surface area contributed by atoms with Gasteiger partial charge in [0.2, 0.25) is 0 Å². The van der Waals surface area contributed by atoms with Crippen molar-refractivity contribution in [3.63, 3.8) is 0 Å². The first kappa shape index (κ1) is 17.6. The molecule has 2 amide bonds. The van der Waals surface area contributed by atoms with Crippen molar-refractivity contribution in [2.75, 3.05) is 25.1 Å². The highest BCUT2D eigenvalue weighted by Crippen LogP contribution is 2.19. The quantitative estimate of drug-likeness (QED) is 0.921. The summed E-state index contributed by atoms with van der Waals surface area (Å²) in [7, 11) is 0. The molecule has 23 heavy (non-hydrogen) atoms. The van der Waals surface area contributed by atoms with Crippen LogP contribution in [-0.4, -0.2) is 52.7 Å². The van der Waals surface area contributed by atoms with E-state index in [-0.39, 0.29) is 17.8 Å². The van der Waals surface area contributed by atoms with E-state index >= 15 is 0 Å². The van der Waals surface area contributed by atoms with Crippen LogP contribution in [0, 0.1) is 5.92 Å². The fourth-order valence-electron chi connectivity index (χ4n) is 2.56. The van der Waals surface area contributed by atoms with E-state index in [1.54, 1.807) is 4.90 Å². The lowest BCUT2D eigenvalue weighted by Gasteiger charge is -2.36. The van der Waals surface area contributed by atoms with E-state index in [2.05, 4.69) is 24.3 Å². The van der Waals surface area contributed by atoms with Crippen molar-refractivity contribution in [3.05, 3.63) is 12.4 Å². The van der Waals surface area contributed by atoms with Crippen LogP contribution in [0.15, 0.2) is 12.4 Å². The first-order chi connectivity index (χ1) is 10.7. The van der Waals surface area contributed by atoms with Gasteiger partial charge in [-0.2, -0.15) is 18.3 Å². The third kappa shape index (κ3) is 5.42. The molecule has 0 spiro atoms. The standard InChI is InChI=1S/C14H21F3N4O2/c1-10(2)5-12-8-23-4-3-21(12)13(22)19-11-6-18-20(7-11)9-14(15,16)17/h6-7,10,12H,3-5,8-9H2,1-2H3,(H,19,22). The predicted octanol–water partition coefficient (Wildman–Crippen LogP) is 2.72. The Morgan fingerprint density at radius 1 is 1.52 bits per heavy atom. The highest BCUT2D eigenvalue weighted by Gasteiger charge is 2.30. The summed E-state index contributed by atoms with van der Waals surface area (Å²) in [6.07, 6.45) is -1.16. The minimum absolute atomic E-state index is 0.0334. The second-order valence-corrected chi connectivity index (χ2v) is 6.02. The van der Waals surface area contributed by atoms with Crippen molar-refractivity contribution in [3.8, 4) is 0 Å². The molecule has 1 aliphatic rings. The van der Waals surface area contributed by atoms with Gasteiger partial charge in [0.05, 0.1) is 31.1 Å². The smallest absolute Gasteiger partial charge is 0.377 e. The van der Waals surface area contributed by atoms with Crippen LogP contribution in [0.25, 0.3) is 0 Å². The van der Waals surface area contributed by atoms with Gasteiger partial charge in [0.25, 0.3) is 0 Å². The molecular weight excluding hydrogens is 313 g/mol. The van der Waals surface area contributed by atoms with Crippen LogP contribution in [0.3, 0.4) is 0 Å². The zero-order valence-corrected chi connectivity index (χ0v) is 13.1. The Labute approximate surface area is 132 Å². The van der Waals surface area contributed by atoms with Gasteiger partial charge in [-0.05, 0) is 12.3 Å². The van der Waals surface area contributed by atoms with Crippen molar-refractivity contribution in [1.82, 2.24) is 14.7 Å². The highest BCUT2D eigenvalue weighted by molar-refractivity contribution is 5.89. The third-order valence-electron chi connectivity index (χ3n) is 3.46. The summed E-state index contributed by atoms with van der Waals surface area (Å²) in [6.45, 7) is 4.32. The lowest BCUT2D eigenvalue weighted by atomic mass is 10.0. The zero-order chi connectivity index (χ0) is 17.0. The molecule has 0 aliphatic carbocycles. The maximum Gasteiger partial charge on any atom is 0.408 e. The molecule has 1 saturated heterocycles. The molecular formula is C14H21F3N4O2. The van der Waals surface area contributed by atoms with Gasteiger partial charge in [-0.1, -0.05) is 13.8 Å². The molecule has 1 atom stereocenters. The van der Waals surface area contributed by atoms with Gasteiger partial charge < -0.3 is 15.0 Å². The van der Waals surface area contributed by atoms with E-state index in [4.69, 9.17) is 4.74 Å². The number of carbonyl (C=O) groups is 1. The number of nitrogens with zero attached hydrogens (tertiary/aromatic N) is 3. The SMILES string of the molecule is CC(C)CC1COCCN1C(=O)Nc1cnn(CC(F)(F)F)c1. The monoisotopic (exact) mass is 334 g/mol. The van der Waals surface area contributed by atoms with Crippen LogP contribution < -0.4 is 5.32 Å². The van der Waals surface area contributed by atoms with Gasteiger partial charge in [-0.3, -0.25) is 4.68 Å². The van der Waals surface area contributed by atoms with Crippen LogP contribution in [0.1, 0.15) is 20.3 Å². The maximum atomic E-state index is 12.4. The highest BCUT2D eigenvalue weighted by atomic mass is 19.4. The van der Waals surface area contributed by atoms with Crippen LogP contribution in [-0.2, 0) is 11.3 Å². The summed E-state index contributed by atoms with van der Waals surface area (Å²) in [5, 5.41) is 6.21. The van der Waals surface area contributed by atoms with Crippen LogP contribution in [0.5, 0.6) is 0 Å². The van der Waals surface area contributed by atoms with Crippen molar-refractivity contribution in [1.29, 1.82) is 0 Å². The molecule has 9 heteroatoms. The molecule has 1 unspecified atom stereocenters.